The van der Waals surface area contributed by atoms with Gasteiger partial charge >= 0.3 is 9.46 Å². The molecule has 0 aromatic carbocycles. The van der Waals surface area contributed by atoms with Gasteiger partial charge in [0.25, 0.3) is 0 Å². The summed E-state index contributed by atoms with van der Waals surface area (Å²) in [4.78, 5) is 22.3. The van der Waals surface area contributed by atoms with Gasteiger partial charge in [-0.3, -0.25) is 0 Å². The molecule has 0 aliphatic carbocycles. The Morgan fingerprint density at radius 3 is 0.700 bits per heavy atom. The predicted molar refractivity (Wildman–Crippen MR) is 13.8 cm³/mol. The maximum Gasteiger partial charge on any atom is 0.475 e. The Hall–Kier alpha value is 6.72. The topological polar surface area (TPSA) is 60.7 Å². The summed E-state index contributed by atoms with van der Waals surface area (Å²) < 4.78 is 5.74. The second-order valence-electron chi connectivity index (χ2n) is 0.300. The molecule has 10 heavy (non-hydrogen) atoms. The van der Waals surface area contributed by atoms with Crippen LogP contribution in [0.5, 0.6) is 0 Å². The molecule has 0 atom stereocenters. The van der Waals surface area contributed by atoms with Crippen molar-refractivity contribution in [1.82, 2.24) is 0 Å². The van der Waals surface area contributed by atoms with E-state index in [9.17, 15) is 0 Å². The third-order valence-electron chi connectivity index (χ3n) is 0. The van der Waals surface area contributed by atoms with Gasteiger partial charge in [-0.2, -0.15) is 0 Å². The Kier molecular flexibility index (Phi) is 130. The zero-order valence-electron chi connectivity index (χ0n) is 6.31. The van der Waals surface area contributed by atoms with E-state index < -0.39 is 9.46 Å². The maximum atomic E-state index is 7.44. The fraction of sp³-hybridized carbons (Fsp3) is 0. The normalized spacial score (nSPS) is 6.10. The summed E-state index contributed by atoms with van der Waals surface area (Å²) in [5.41, 5.74) is 0. The molecule has 0 rings (SSSR count). The van der Waals surface area contributed by atoms with Crippen LogP contribution in [0.1, 0.15) is 0 Å². The zero-order valence-corrected chi connectivity index (χ0v) is 23.3. The van der Waals surface area contributed by atoms with E-state index in [-0.39, 0.29) is 196 Å². The first-order valence-corrected chi connectivity index (χ1v) is 2.01. The van der Waals surface area contributed by atoms with Gasteiger partial charge in [-0.05, 0) is 0 Å². The molecule has 0 heterocycles. The minimum atomic E-state index is -4.36. The first kappa shape index (κ1) is 36.0. The van der Waals surface area contributed by atoms with Crippen LogP contribution >= 0.6 is 0 Å². The second-order valence-corrected chi connectivity index (χ2v) is 0.900. The summed E-state index contributed by atoms with van der Waals surface area (Å²) >= 11 is 0. The molecule has 0 bridgehead atoms. The van der Waals surface area contributed by atoms with Gasteiger partial charge in [-0.1, -0.05) is 0 Å². The molecule has 0 fully saturated rings. The van der Waals surface area contributed by atoms with E-state index in [1.54, 1.807) is 0 Å². The van der Waals surface area contributed by atoms with Crippen LogP contribution in [-0.2, 0) is 196 Å². The maximum absolute atomic E-state index is 7.44. The average Bonchev–Trinajstić information content (AvgIpc) is 0.722. The van der Waals surface area contributed by atoms with Crippen molar-refractivity contribution in [3.05, 3.63) is 0 Å². The molecule has 0 aromatic rings. The molecule has 0 unspecified atom stereocenters. The molecule has 3 nitrogen and oxygen atoms in total. The van der Waals surface area contributed by atoms with Crippen LogP contribution in [0.25, 0.3) is 0 Å². The fourth-order valence-electron chi connectivity index (χ4n) is 0. The van der Waals surface area contributed by atoms with Crippen LogP contribution in [0.2, 0.25) is 0 Å². The predicted octanol–water partition coefficient (Wildman–Crippen LogP) is -2.33. The molecule has 0 aliphatic heterocycles. The Morgan fingerprint density at radius 1 is 0.700 bits per heavy atom. The quantitative estimate of drug-likeness (QED) is 0.268. The summed E-state index contributed by atoms with van der Waals surface area (Å²) in [6.45, 7) is 0. The van der Waals surface area contributed by atoms with Gasteiger partial charge in [-0.25, -0.2) is 0 Å². The summed E-state index contributed by atoms with van der Waals surface area (Å²) in [6.07, 6.45) is 0. The van der Waals surface area contributed by atoms with Gasteiger partial charge in [0.2, 0.25) is 0 Å². The first-order valence-electron chi connectivity index (χ1n) is 1.17. The minimum absolute atomic E-state index is 0. The van der Waals surface area contributed by atoms with Crippen LogP contribution < -0.4 is 0 Å². The van der Waals surface area contributed by atoms with E-state index in [1.807, 2.05) is 0 Å². The van der Waals surface area contributed by atoms with Crippen molar-refractivity contribution < 1.29 is 211 Å². The third kappa shape index (κ3) is 61.4. The van der Waals surface area contributed by atoms with Gasteiger partial charge in [0, 0.05) is 196 Å². The average molecular weight is 616 g/mol. The van der Waals surface area contributed by atoms with Crippen molar-refractivity contribution >= 4 is 9.46 Å². The number of rotatable bonds is 0. The molecule has 0 saturated heterocycles. The van der Waals surface area contributed by atoms with Crippen LogP contribution in [0.3, 0.4) is 0 Å². The molecule has 3 N–H and O–H groups in total. The van der Waals surface area contributed by atoms with E-state index in [4.69, 9.17) is 15.6 Å². The smallest absolute Gasteiger partial charge is 0.392 e. The molecule has 0 spiro atoms. The van der Waals surface area contributed by atoms with Crippen molar-refractivity contribution in [2.24, 2.45) is 0 Å². The van der Waals surface area contributed by atoms with E-state index in [0.29, 0.717) is 0 Å². The van der Waals surface area contributed by atoms with Crippen molar-refractivity contribution in [2.75, 3.05) is 0 Å². The summed E-state index contributed by atoms with van der Waals surface area (Å²) in [7, 11) is -4.36. The van der Waals surface area contributed by atoms with Gasteiger partial charge in [0.1, 0.15) is 1.23 Å². The Morgan fingerprint density at radius 2 is 0.700 bits per heavy atom. The van der Waals surface area contributed by atoms with Crippen molar-refractivity contribution in [3.8, 4) is 0 Å². The SMILES string of the molecule is [3H][Si](O)(O)O.[Y].[Y].[Y].[Y].[Y].[Y]. The molecule has 0 aliphatic rings. The third-order valence-corrected chi connectivity index (χ3v) is 0. The van der Waals surface area contributed by atoms with Gasteiger partial charge in [0.05, 0.1) is 0 Å². The Balaban J connectivity index is -0.00000000533. The standard InChI is InChI=1S/H4O3Si.6Y/c1-4(2)3;;;;;;/h1-4H;;;;;;/i4T;;;;;;. The van der Waals surface area contributed by atoms with E-state index in [2.05, 4.69) is 0 Å². The first-order chi connectivity index (χ1) is 2.00. The molecule has 6 radical (unpaired) electrons. The molecule has 0 saturated carbocycles. The minimum Gasteiger partial charge on any atom is -0.392 e. The Bertz CT molecular complexity index is 33.3. The van der Waals surface area contributed by atoms with E-state index >= 15 is 0 Å². The largest absolute Gasteiger partial charge is 0.475 e. The van der Waals surface area contributed by atoms with Crippen LogP contribution in [0.4, 0.5) is 0 Å². The van der Waals surface area contributed by atoms with Crippen LogP contribution in [0.15, 0.2) is 0 Å². The summed E-state index contributed by atoms with van der Waals surface area (Å²) in [5.74, 6) is 0. The molecule has 0 aromatic heterocycles. The summed E-state index contributed by atoms with van der Waals surface area (Å²) in [5, 5.41) is 0. The van der Waals surface area contributed by atoms with E-state index in [0.717, 1.165) is 0 Å². The molecule has 0 amide bonds. The number of hydrogen-bond donors (Lipinski definition) is 3. The number of hydrogen-bond acceptors (Lipinski definition) is 3. The molecular weight excluding hydrogens is 610 g/mol. The Labute approximate surface area is 215 Å². The van der Waals surface area contributed by atoms with Crippen molar-refractivity contribution in [2.45, 2.75) is 0 Å². The van der Waals surface area contributed by atoms with Crippen molar-refractivity contribution in [1.29, 1.82) is 1.23 Å². The second kappa shape index (κ2) is 36.1. The van der Waals surface area contributed by atoms with Gasteiger partial charge in [0.15, 0.2) is 0 Å². The monoisotopic (exact) mass is 615 g/mol. The van der Waals surface area contributed by atoms with Crippen LogP contribution in [0, 0.1) is 0 Å². The summed E-state index contributed by atoms with van der Waals surface area (Å²) in [6, 6.07) is 0. The zero-order chi connectivity index (χ0) is 4.50. The molecular formula is H4O3SiY6. The van der Waals surface area contributed by atoms with Crippen LogP contribution in [-0.4, -0.2) is 25.1 Å². The van der Waals surface area contributed by atoms with Crippen molar-refractivity contribution in [3.63, 3.8) is 0 Å². The molecule has 10 heteroatoms. The van der Waals surface area contributed by atoms with Gasteiger partial charge in [-0.15, -0.1) is 0 Å². The molecule has 44 valence electrons. The fourth-order valence-corrected chi connectivity index (χ4v) is 0. The van der Waals surface area contributed by atoms with Gasteiger partial charge < -0.3 is 14.4 Å². The van der Waals surface area contributed by atoms with E-state index in [1.165, 1.54) is 0 Å².